The molecule has 35 heavy (non-hydrogen) atoms. The molecule has 0 aromatic heterocycles. The fourth-order valence-corrected chi connectivity index (χ4v) is 4.99. The van der Waals surface area contributed by atoms with Crippen molar-refractivity contribution in [3.8, 4) is 11.5 Å². The Balaban J connectivity index is 1.59. The molecule has 1 aliphatic rings. The van der Waals surface area contributed by atoms with Gasteiger partial charge in [-0.3, -0.25) is 9.10 Å². The van der Waals surface area contributed by atoms with E-state index in [2.05, 4.69) is 10.1 Å². The number of anilines is 2. The Morgan fingerprint density at radius 2 is 1.63 bits per heavy atom. The van der Waals surface area contributed by atoms with Crippen molar-refractivity contribution in [2.45, 2.75) is 31.2 Å². The molecule has 0 aliphatic carbocycles. The van der Waals surface area contributed by atoms with Gasteiger partial charge in [-0.2, -0.15) is 0 Å². The molecule has 3 aromatic rings. The van der Waals surface area contributed by atoms with E-state index in [1.807, 2.05) is 13.8 Å². The summed E-state index contributed by atoms with van der Waals surface area (Å²) >= 11 is 0. The summed E-state index contributed by atoms with van der Waals surface area (Å²) in [6.07, 6.45) is -6.05. The Morgan fingerprint density at radius 3 is 2.26 bits per heavy atom. The molecule has 1 atom stereocenters. The van der Waals surface area contributed by atoms with Crippen LogP contribution in [0.4, 0.5) is 24.5 Å². The molecule has 3 aromatic carbocycles. The van der Waals surface area contributed by atoms with Crippen molar-refractivity contribution in [3.05, 3.63) is 77.9 Å². The SMILES string of the molecule is Cc1ccc(S(=O)(=O)N2C[C@@H](C(=O)Nc3ccc(OC(F)(F)F)cc3)Oc3ccc(C)cc32)cc1. The highest BCUT2D eigenvalue weighted by molar-refractivity contribution is 7.92. The maximum Gasteiger partial charge on any atom is 0.573 e. The second-order valence-electron chi connectivity index (χ2n) is 7.99. The van der Waals surface area contributed by atoms with Crippen molar-refractivity contribution in [1.29, 1.82) is 0 Å². The van der Waals surface area contributed by atoms with Gasteiger partial charge in [-0.05, 0) is 67.9 Å². The molecule has 0 spiro atoms. The minimum atomic E-state index is -4.83. The molecule has 0 saturated heterocycles. The van der Waals surface area contributed by atoms with Gasteiger partial charge in [0.15, 0.2) is 6.10 Å². The largest absolute Gasteiger partial charge is 0.573 e. The molecule has 0 radical (unpaired) electrons. The van der Waals surface area contributed by atoms with E-state index in [4.69, 9.17) is 4.74 Å². The molecule has 11 heteroatoms. The average Bonchev–Trinajstić information content (AvgIpc) is 2.79. The Hall–Kier alpha value is -3.73. The van der Waals surface area contributed by atoms with Crippen LogP contribution >= 0.6 is 0 Å². The number of nitrogens with one attached hydrogen (secondary N) is 1. The van der Waals surface area contributed by atoms with Crippen molar-refractivity contribution in [1.82, 2.24) is 0 Å². The zero-order chi connectivity index (χ0) is 25.4. The van der Waals surface area contributed by atoms with Crippen LogP contribution in [0.1, 0.15) is 11.1 Å². The first-order valence-corrected chi connectivity index (χ1v) is 11.9. The van der Waals surface area contributed by atoms with Crippen LogP contribution in [0.2, 0.25) is 0 Å². The van der Waals surface area contributed by atoms with Crippen LogP contribution in [0.3, 0.4) is 0 Å². The maximum atomic E-state index is 13.5. The first-order valence-electron chi connectivity index (χ1n) is 10.5. The lowest BCUT2D eigenvalue weighted by molar-refractivity contribution is -0.274. The Kier molecular flexibility index (Phi) is 6.37. The molecular weight excluding hydrogens is 485 g/mol. The van der Waals surface area contributed by atoms with E-state index in [1.54, 1.807) is 30.3 Å². The highest BCUT2D eigenvalue weighted by Crippen LogP contribution is 2.38. The predicted molar refractivity (Wildman–Crippen MR) is 123 cm³/mol. The molecule has 1 aliphatic heterocycles. The summed E-state index contributed by atoms with van der Waals surface area (Å²) in [6.45, 7) is 3.35. The van der Waals surface area contributed by atoms with Crippen LogP contribution < -0.4 is 19.1 Å². The molecule has 0 saturated carbocycles. The summed E-state index contributed by atoms with van der Waals surface area (Å²) in [5, 5.41) is 2.54. The smallest absolute Gasteiger partial charge is 0.476 e. The van der Waals surface area contributed by atoms with E-state index >= 15 is 0 Å². The number of nitrogens with zero attached hydrogens (tertiary/aromatic N) is 1. The number of rotatable bonds is 5. The van der Waals surface area contributed by atoms with Crippen LogP contribution in [0.25, 0.3) is 0 Å². The number of alkyl halides is 3. The molecular formula is C24H21F3N2O5S. The number of amides is 1. The minimum absolute atomic E-state index is 0.0665. The number of benzene rings is 3. The Labute approximate surface area is 200 Å². The van der Waals surface area contributed by atoms with E-state index in [9.17, 15) is 26.4 Å². The van der Waals surface area contributed by atoms with E-state index in [0.717, 1.165) is 27.6 Å². The molecule has 7 nitrogen and oxygen atoms in total. The molecule has 1 heterocycles. The van der Waals surface area contributed by atoms with E-state index in [1.165, 1.54) is 24.3 Å². The van der Waals surface area contributed by atoms with Gasteiger partial charge in [0.1, 0.15) is 11.5 Å². The van der Waals surface area contributed by atoms with Gasteiger partial charge in [-0.25, -0.2) is 8.42 Å². The number of hydrogen-bond acceptors (Lipinski definition) is 5. The first-order chi connectivity index (χ1) is 16.4. The molecule has 4 rings (SSSR count). The highest BCUT2D eigenvalue weighted by Gasteiger charge is 2.38. The summed E-state index contributed by atoms with van der Waals surface area (Å²) < 4.78 is 74.8. The lowest BCUT2D eigenvalue weighted by Gasteiger charge is -2.35. The maximum absolute atomic E-state index is 13.5. The molecule has 0 bridgehead atoms. The van der Waals surface area contributed by atoms with Gasteiger partial charge in [0.2, 0.25) is 0 Å². The third kappa shape index (κ3) is 5.51. The van der Waals surface area contributed by atoms with Crippen molar-refractivity contribution < 1.29 is 35.9 Å². The second kappa shape index (κ2) is 9.14. The quantitative estimate of drug-likeness (QED) is 0.538. The number of carbonyl (C=O) groups excluding carboxylic acids is 1. The minimum Gasteiger partial charge on any atom is -0.476 e. The topological polar surface area (TPSA) is 84.9 Å². The fourth-order valence-electron chi connectivity index (χ4n) is 3.53. The zero-order valence-electron chi connectivity index (χ0n) is 18.7. The number of aryl methyl sites for hydroxylation is 2. The highest BCUT2D eigenvalue weighted by atomic mass is 32.2. The summed E-state index contributed by atoms with van der Waals surface area (Å²) in [7, 11) is -4.02. The van der Waals surface area contributed by atoms with Gasteiger partial charge in [-0.15, -0.1) is 13.2 Å². The number of fused-ring (bicyclic) bond motifs is 1. The van der Waals surface area contributed by atoms with Crippen molar-refractivity contribution >= 4 is 27.3 Å². The lowest BCUT2D eigenvalue weighted by Crippen LogP contribution is -2.48. The van der Waals surface area contributed by atoms with Crippen molar-refractivity contribution in [3.63, 3.8) is 0 Å². The van der Waals surface area contributed by atoms with Crippen LogP contribution in [-0.4, -0.2) is 33.3 Å². The Bertz CT molecular complexity index is 1340. The summed E-state index contributed by atoms with van der Waals surface area (Å²) in [4.78, 5) is 13.0. The van der Waals surface area contributed by atoms with Crippen LogP contribution in [0.15, 0.2) is 71.6 Å². The summed E-state index contributed by atoms with van der Waals surface area (Å²) in [5.41, 5.74) is 2.20. The third-order valence-corrected chi connectivity index (χ3v) is 7.03. The van der Waals surface area contributed by atoms with Gasteiger partial charge in [0.25, 0.3) is 15.9 Å². The molecule has 1 amide bonds. The summed E-state index contributed by atoms with van der Waals surface area (Å²) in [6, 6.07) is 15.9. The number of sulfonamides is 1. The van der Waals surface area contributed by atoms with E-state index < -0.39 is 34.1 Å². The van der Waals surface area contributed by atoms with Gasteiger partial charge < -0.3 is 14.8 Å². The molecule has 0 fully saturated rings. The molecule has 0 unspecified atom stereocenters. The first kappa shape index (κ1) is 24.4. The van der Waals surface area contributed by atoms with Gasteiger partial charge in [-0.1, -0.05) is 23.8 Å². The van der Waals surface area contributed by atoms with Gasteiger partial charge in [0.05, 0.1) is 17.1 Å². The fraction of sp³-hybridized carbons (Fsp3) is 0.208. The molecule has 184 valence electrons. The Morgan fingerprint density at radius 1 is 1.00 bits per heavy atom. The summed E-state index contributed by atoms with van der Waals surface area (Å²) in [5.74, 6) is -0.888. The van der Waals surface area contributed by atoms with Crippen molar-refractivity contribution in [2.75, 3.05) is 16.2 Å². The average molecular weight is 507 g/mol. The van der Waals surface area contributed by atoms with Gasteiger partial charge in [0, 0.05) is 5.69 Å². The van der Waals surface area contributed by atoms with E-state index in [0.29, 0.717) is 5.69 Å². The lowest BCUT2D eigenvalue weighted by atomic mass is 10.1. The van der Waals surface area contributed by atoms with Gasteiger partial charge >= 0.3 is 6.36 Å². The zero-order valence-corrected chi connectivity index (χ0v) is 19.5. The standard InChI is InChI=1S/C24H21F3N2O5S/c1-15-3-10-19(11-4-15)35(31,32)29-14-22(33-21-12-5-16(2)13-20(21)29)23(30)28-17-6-8-18(9-7-17)34-24(25,26)27/h3-13,22H,14H2,1-2H3,(H,28,30)/t22-/m0/s1. The molecule has 1 N–H and O–H groups in total. The normalized spacial score (nSPS) is 15.7. The monoisotopic (exact) mass is 506 g/mol. The third-order valence-electron chi connectivity index (χ3n) is 5.24. The van der Waals surface area contributed by atoms with Crippen LogP contribution in [-0.2, 0) is 14.8 Å². The number of carbonyl (C=O) groups is 1. The number of hydrogen-bond donors (Lipinski definition) is 1. The predicted octanol–water partition coefficient (Wildman–Crippen LogP) is 4.80. The number of ether oxygens (including phenoxy) is 2. The van der Waals surface area contributed by atoms with E-state index in [-0.39, 0.29) is 22.9 Å². The van der Waals surface area contributed by atoms with Crippen LogP contribution in [0.5, 0.6) is 11.5 Å². The van der Waals surface area contributed by atoms with Crippen molar-refractivity contribution in [2.24, 2.45) is 0 Å². The van der Waals surface area contributed by atoms with Crippen LogP contribution in [0, 0.1) is 13.8 Å². The number of halogens is 3. The second-order valence-corrected chi connectivity index (χ2v) is 9.85.